The number of methoxy groups -OCH3 is 1. The molecular formula is C22H30FN4O7P. The van der Waals surface area contributed by atoms with Crippen molar-refractivity contribution < 1.29 is 37.4 Å². The van der Waals surface area contributed by atoms with Gasteiger partial charge in [0.25, 0.3) is 0 Å². The predicted molar refractivity (Wildman–Crippen MR) is 126 cm³/mol. The van der Waals surface area contributed by atoms with Gasteiger partial charge < -0.3 is 29.7 Å². The van der Waals surface area contributed by atoms with E-state index in [4.69, 9.17) is 19.5 Å². The third-order valence-corrected chi connectivity index (χ3v) is 7.28. The molecule has 1 aromatic carbocycles. The Bertz CT molecular complexity index is 1050. The van der Waals surface area contributed by atoms with E-state index in [-0.39, 0.29) is 17.4 Å². The quantitative estimate of drug-likeness (QED) is 0.333. The lowest BCUT2D eigenvalue weighted by atomic mass is 9.95. The minimum Gasteiger partial charge on any atom is -0.468 e. The van der Waals surface area contributed by atoms with Gasteiger partial charge in [-0.3, -0.25) is 9.32 Å². The van der Waals surface area contributed by atoms with Gasteiger partial charge >= 0.3 is 13.7 Å². The molecule has 1 fully saturated rings. The molecular weight excluding hydrogens is 482 g/mol. The van der Waals surface area contributed by atoms with Crippen molar-refractivity contribution in [2.45, 2.75) is 57.0 Å². The molecule has 0 saturated carbocycles. The van der Waals surface area contributed by atoms with Gasteiger partial charge in [-0.25, -0.2) is 13.9 Å². The van der Waals surface area contributed by atoms with E-state index in [0.29, 0.717) is 0 Å². The second kappa shape index (κ2) is 10.5. The van der Waals surface area contributed by atoms with Crippen LogP contribution in [-0.4, -0.2) is 65.2 Å². The summed E-state index contributed by atoms with van der Waals surface area (Å²) in [5.74, 6) is -0.212. The molecule has 3 rings (SSSR count). The van der Waals surface area contributed by atoms with Crippen LogP contribution in [0.1, 0.15) is 20.8 Å². The summed E-state index contributed by atoms with van der Waals surface area (Å²) >= 11 is 0. The highest BCUT2D eigenvalue weighted by Crippen LogP contribution is 2.49. The number of aliphatic imine (C=N–C) groups is 1. The van der Waals surface area contributed by atoms with E-state index in [0.717, 1.165) is 6.92 Å². The number of halogens is 1. The van der Waals surface area contributed by atoms with Crippen LogP contribution in [-0.2, 0) is 23.4 Å². The van der Waals surface area contributed by atoms with E-state index >= 15 is 4.39 Å². The number of amidine groups is 1. The Hall–Kier alpha value is -2.76. The fraction of sp³-hybridized carbons (Fsp3) is 0.455. The molecule has 0 amide bonds. The first-order chi connectivity index (χ1) is 16.4. The summed E-state index contributed by atoms with van der Waals surface area (Å²) in [7, 11) is -3.08. The highest BCUT2D eigenvalue weighted by Gasteiger charge is 2.58. The first-order valence-electron chi connectivity index (χ1n) is 10.8. The number of ether oxygens (including phenoxy) is 2. The maximum absolute atomic E-state index is 15.7. The monoisotopic (exact) mass is 512 g/mol. The number of aliphatic hydroxyl groups is 1. The number of nitrogens with two attached hydrogens (primary N) is 1. The van der Waals surface area contributed by atoms with E-state index in [9.17, 15) is 14.5 Å². The summed E-state index contributed by atoms with van der Waals surface area (Å²) in [6, 6.07) is 7.06. The van der Waals surface area contributed by atoms with Crippen molar-refractivity contribution in [3.8, 4) is 5.75 Å². The summed E-state index contributed by atoms with van der Waals surface area (Å²) in [4.78, 5) is 17.2. The zero-order valence-corrected chi connectivity index (χ0v) is 20.7. The number of nitrogens with zero attached hydrogens (tertiary/aromatic N) is 2. The fourth-order valence-corrected chi connectivity index (χ4v) is 5.37. The van der Waals surface area contributed by atoms with Gasteiger partial charge in [0.1, 0.15) is 35.7 Å². The van der Waals surface area contributed by atoms with Crippen LogP contribution < -0.4 is 15.3 Å². The summed E-state index contributed by atoms with van der Waals surface area (Å²) < 4.78 is 51.1. The van der Waals surface area contributed by atoms with E-state index in [1.807, 2.05) is 0 Å². The molecule has 2 heterocycles. The van der Waals surface area contributed by atoms with E-state index < -0.39 is 50.0 Å². The number of hydrogen-bond donors (Lipinski definition) is 3. The molecule has 1 saturated heterocycles. The van der Waals surface area contributed by atoms with Crippen molar-refractivity contribution in [3.05, 3.63) is 55.0 Å². The smallest absolute Gasteiger partial charge is 0.459 e. The van der Waals surface area contributed by atoms with Crippen molar-refractivity contribution in [1.82, 2.24) is 9.99 Å². The van der Waals surface area contributed by atoms with Gasteiger partial charge in [0.05, 0.1) is 13.2 Å². The molecule has 0 aliphatic carbocycles. The van der Waals surface area contributed by atoms with Gasteiger partial charge in [-0.15, -0.1) is 0 Å². The van der Waals surface area contributed by atoms with Crippen molar-refractivity contribution in [2.75, 3.05) is 7.11 Å². The second-order valence-corrected chi connectivity index (χ2v) is 9.96. The van der Waals surface area contributed by atoms with Crippen LogP contribution in [0.25, 0.3) is 0 Å². The molecule has 192 valence electrons. The number of rotatable bonds is 9. The molecule has 0 spiro atoms. The minimum absolute atomic E-state index is 0.118. The van der Waals surface area contributed by atoms with Crippen molar-refractivity contribution in [3.63, 3.8) is 0 Å². The Morgan fingerprint density at radius 1 is 1.40 bits per heavy atom. The van der Waals surface area contributed by atoms with E-state index in [1.54, 1.807) is 30.3 Å². The Balaban J connectivity index is 1.82. The molecule has 5 unspecified atom stereocenters. The van der Waals surface area contributed by atoms with Crippen molar-refractivity contribution >= 4 is 19.6 Å². The van der Waals surface area contributed by atoms with Crippen LogP contribution in [0.4, 0.5) is 4.39 Å². The first-order valence-corrected chi connectivity index (χ1v) is 12.3. The lowest BCUT2D eigenvalue weighted by Gasteiger charge is -2.34. The number of carbonyl (C=O) groups is 1. The van der Waals surface area contributed by atoms with Gasteiger partial charge in [0, 0.05) is 6.20 Å². The van der Waals surface area contributed by atoms with E-state index in [2.05, 4.69) is 21.4 Å². The van der Waals surface area contributed by atoms with Gasteiger partial charge in [0.2, 0.25) is 0 Å². The van der Waals surface area contributed by atoms with Crippen LogP contribution in [0.5, 0.6) is 5.75 Å². The maximum atomic E-state index is 15.7. The number of alkyl halides is 1. The Kier molecular flexibility index (Phi) is 8.03. The zero-order chi connectivity index (χ0) is 26.0. The molecule has 2 aliphatic rings. The molecule has 11 nitrogen and oxygen atoms in total. The normalized spacial score (nSPS) is 29.8. The Morgan fingerprint density at radius 3 is 2.66 bits per heavy atom. The topological polar surface area (TPSA) is 145 Å². The average molecular weight is 512 g/mol. The molecule has 1 aromatic rings. The molecule has 7 atom stereocenters. The number of carbonyl (C=O) groups excluding carboxylic acids is 1. The molecule has 4 N–H and O–H groups in total. The van der Waals surface area contributed by atoms with Gasteiger partial charge in [0.15, 0.2) is 11.9 Å². The standard InChI is InChI=1S/C22H30FN4O7P/c1-13(20(29)31-5)26-35(30,34-16-9-7-6-8-10-16)33-14(2)18-19(28)22(4,23)21(32-18)27-12-11-17(24)25-15(27)3/h6-14,18-19,21,28H,3H2,1-2,4-5H3,(H2,24,25)(H,26,30)/t13?,14?,18-,19?,21-,22?,35?/m1/s1. The SMILES string of the molecule is C=C1N=C(N)C=CN1[C@@H]1O[C@H](C(C)OP(=O)(NC(C)C(=O)OC)Oc2ccccc2)C(O)C1(C)F. The lowest BCUT2D eigenvalue weighted by Crippen LogP contribution is -2.49. The van der Waals surface area contributed by atoms with Gasteiger partial charge in [-0.05, 0) is 39.0 Å². The Morgan fingerprint density at radius 2 is 2.06 bits per heavy atom. The summed E-state index contributed by atoms with van der Waals surface area (Å²) in [6.07, 6.45) is -2.57. The number of esters is 1. The molecule has 2 aliphatic heterocycles. The number of benzene rings is 1. The molecule has 0 bridgehead atoms. The lowest BCUT2D eigenvalue weighted by molar-refractivity contribution is -0.142. The third-order valence-electron chi connectivity index (χ3n) is 5.52. The molecule has 13 heteroatoms. The molecule has 0 aromatic heterocycles. The number of nitrogens with one attached hydrogen (secondary N) is 1. The predicted octanol–water partition coefficient (Wildman–Crippen LogP) is 2.20. The third kappa shape index (κ3) is 5.91. The largest absolute Gasteiger partial charge is 0.468 e. The molecule has 35 heavy (non-hydrogen) atoms. The summed E-state index contributed by atoms with van der Waals surface area (Å²) in [5.41, 5.74) is 3.35. The van der Waals surface area contributed by atoms with Crippen molar-refractivity contribution in [2.24, 2.45) is 10.7 Å². The first kappa shape index (κ1) is 26.8. The fourth-order valence-electron chi connectivity index (χ4n) is 3.67. The summed E-state index contributed by atoms with van der Waals surface area (Å²) in [6.45, 7) is 7.76. The van der Waals surface area contributed by atoms with Crippen molar-refractivity contribution in [1.29, 1.82) is 0 Å². The molecule has 0 radical (unpaired) electrons. The maximum Gasteiger partial charge on any atom is 0.459 e. The van der Waals surface area contributed by atoms with Crippen LogP contribution in [0.3, 0.4) is 0 Å². The van der Waals surface area contributed by atoms with Crippen LogP contribution in [0.15, 0.2) is 60.0 Å². The average Bonchev–Trinajstić information content (AvgIpc) is 3.02. The highest BCUT2D eigenvalue weighted by atomic mass is 31.2. The van der Waals surface area contributed by atoms with Gasteiger partial charge in [-0.2, -0.15) is 5.09 Å². The minimum atomic E-state index is -4.26. The highest BCUT2D eigenvalue weighted by molar-refractivity contribution is 7.52. The van der Waals surface area contributed by atoms with Crippen LogP contribution in [0.2, 0.25) is 0 Å². The van der Waals surface area contributed by atoms with E-state index in [1.165, 1.54) is 38.1 Å². The Labute approximate surface area is 203 Å². The second-order valence-electron chi connectivity index (χ2n) is 8.31. The zero-order valence-electron chi connectivity index (χ0n) is 19.8. The van der Waals surface area contributed by atoms with Gasteiger partial charge in [-0.1, -0.05) is 24.8 Å². The number of aliphatic hydroxyl groups excluding tert-OH is 1. The van der Waals surface area contributed by atoms with Crippen LogP contribution in [0, 0.1) is 0 Å². The van der Waals surface area contributed by atoms with Crippen LogP contribution >= 0.6 is 7.75 Å². The number of para-hydroxylation sites is 1. The number of hydrogen-bond acceptors (Lipinski definition) is 10. The summed E-state index contributed by atoms with van der Waals surface area (Å²) in [5, 5.41) is 13.3.